The molecule has 0 fully saturated rings. The second-order valence-corrected chi connectivity index (χ2v) is 11.5. The number of carbonyl (C=O) groups excluding carboxylic acids is 1. The van der Waals surface area contributed by atoms with Gasteiger partial charge in [0.05, 0.1) is 12.6 Å². The number of benzene rings is 2. The molecule has 7 nitrogen and oxygen atoms in total. The number of aliphatic carboxylic acids is 1. The van der Waals surface area contributed by atoms with Crippen molar-refractivity contribution in [3.63, 3.8) is 0 Å². The molecule has 2 aromatic carbocycles. The fourth-order valence-electron chi connectivity index (χ4n) is 3.92. The summed E-state index contributed by atoms with van der Waals surface area (Å²) >= 11 is 0. The summed E-state index contributed by atoms with van der Waals surface area (Å²) < 4.78 is 19.4. The zero-order valence-electron chi connectivity index (χ0n) is 21.0. The van der Waals surface area contributed by atoms with Gasteiger partial charge < -0.3 is 14.9 Å². The molecule has 2 rings (SSSR count). The lowest BCUT2D eigenvalue weighted by atomic mass is 10.0. The van der Waals surface area contributed by atoms with Gasteiger partial charge in [0.1, 0.15) is 6.04 Å². The Labute approximate surface area is 209 Å². The van der Waals surface area contributed by atoms with Gasteiger partial charge in [-0.05, 0) is 56.1 Å². The van der Waals surface area contributed by atoms with Crippen LogP contribution in [-0.4, -0.2) is 41.8 Å². The summed E-state index contributed by atoms with van der Waals surface area (Å²) in [6.07, 6.45) is 3.25. The molecule has 192 valence electrons. The Morgan fingerprint density at radius 3 is 2.09 bits per heavy atom. The first-order chi connectivity index (χ1) is 16.7. The number of hydrogen-bond donors (Lipinski definition) is 3. The predicted molar refractivity (Wildman–Crippen MR) is 140 cm³/mol. The SMILES string of the molecule is CCOP(=O)(CCCCc1ccccc1)N[C@@H](Cc1ccccc1)C(=O)N[C@@H](CC(C)C)C(=O)O. The quantitative estimate of drug-likeness (QED) is 0.219. The Balaban J connectivity index is 2.12. The summed E-state index contributed by atoms with van der Waals surface area (Å²) in [6.45, 7) is 5.82. The van der Waals surface area contributed by atoms with Crippen LogP contribution < -0.4 is 10.4 Å². The molecule has 0 aliphatic carbocycles. The molecule has 8 heteroatoms. The van der Waals surface area contributed by atoms with Crippen molar-refractivity contribution < 1.29 is 23.8 Å². The second kappa shape index (κ2) is 14.8. The molecule has 0 saturated heterocycles. The number of amides is 1. The van der Waals surface area contributed by atoms with Crippen LogP contribution >= 0.6 is 7.52 Å². The summed E-state index contributed by atoms with van der Waals surface area (Å²) in [6, 6.07) is 17.6. The van der Waals surface area contributed by atoms with Crippen LogP contribution in [0.5, 0.6) is 0 Å². The topological polar surface area (TPSA) is 105 Å². The van der Waals surface area contributed by atoms with Crippen molar-refractivity contribution in [2.75, 3.05) is 12.8 Å². The molecule has 0 aliphatic heterocycles. The third-order valence-electron chi connectivity index (χ3n) is 5.62. The summed E-state index contributed by atoms with van der Waals surface area (Å²) in [7, 11) is -3.34. The van der Waals surface area contributed by atoms with Gasteiger partial charge in [0.2, 0.25) is 5.91 Å². The zero-order chi connectivity index (χ0) is 25.7. The van der Waals surface area contributed by atoms with Gasteiger partial charge in [0.15, 0.2) is 0 Å². The highest BCUT2D eigenvalue weighted by atomic mass is 31.2. The molecule has 0 saturated carbocycles. The molecular formula is C27H39N2O5P. The zero-order valence-corrected chi connectivity index (χ0v) is 21.9. The smallest absolute Gasteiger partial charge is 0.326 e. The predicted octanol–water partition coefficient (Wildman–Crippen LogP) is 5.06. The maximum absolute atomic E-state index is 13.7. The molecule has 3 atom stereocenters. The van der Waals surface area contributed by atoms with Crippen LogP contribution in [0.25, 0.3) is 0 Å². The van der Waals surface area contributed by atoms with Gasteiger partial charge in [0, 0.05) is 6.16 Å². The van der Waals surface area contributed by atoms with E-state index in [0.717, 1.165) is 18.4 Å². The molecule has 0 radical (unpaired) electrons. The lowest BCUT2D eigenvalue weighted by Gasteiger charge is -2.27. The fraction of sp³-hybridized carbons (Fsp3) is 0.481. The van der Waals surface area contributed by atoms with Crippen molar-refractivity contribution >= 4 is 19.4 Å². The molecule has 0 bridgehead atoms. The summed E-state index contributed by atoms with van der Waals surface area (Å²) in [5, 5.41) is 15.2. The molecule has 2 aromatic rings. The van der Waals surface area contributed by atoms with Crippen molar-refractivity contribution in [3.05, 3.63) is 71.8 Å². The van der Waals surface area contributed by atoms with Crippen molar-refractivity contribution in [1.29, 1.82) is 0 Å². The van der Waals surface area contributed by atoms with Crippen molar-refractivity contribution in [2.24, 2.45) is 5.92 Å². The van der Waals surface area contributed by atoms with E-state index >= 15 is 0 Å². The number of carboxylic acid groups (broad SMARTS) is 1. The van der Waals surface area contributed by atoms with E-state index < -0.39 is 31.5 Å². The molecule has 0 heterocycles. The van der Waals surface area contributed by atoms with Gasteiger partial charge in [-0.15, -0.1) is 0 Å². The molecule has 0 aromatic heterocycles. The average Bonchev–Trinajstić information content (AvgIpc) is 2.82. The van der Waals surface area contributed by atoms with E-state index in [1.54, 1.807) is 6.92 Å². The molecule has 35 heavy (non-hydrogen) atoms. The van der Waals surface area contributed by atoms with Crippen LogP contribution in [0, 0.1) is 5.92 Å². The van der Waals surface area contributed by atoms with Crippen molar-refractivity contribution in [1.82, 2.24) is 10.4 Å². The largest absolute Gasteiger partial charge is 0.480 e. The van der Waals surface area contributed by atoms with E-state index in [2.05, 4.69) is 22.5 Å². The minimum absolute atomic E-state index is 0.0936. The third kappa shape index (κ3) is 10.8. The second-order valence-electron chi connectivity index (χ2n) is 9.16. The lowest BCUT2D eigenvalue weighted by Crippen LogP contribution is -2.51. The molecule has 0 aliphatic rings. The first kappa shape index (κ1) is 28.8. The molecule has 3 N–H and O–H groups in total. The number of carbonyl (C=O) groups is 2. The first-order valence-corrected chi connectivity index (χ1v) is 14.2. The van der Waals surface area contributed by atoms with Gasteiger partial charge in [-0.2, -0.15) is 0 Å². The van der Waals surface area contributed by atoms with Gasteiger partial charge in [0.25, 0.3) is 7.52 Å². The molecule has 0 spiro atoms. The fourth-order valence-corrected chi connectivity index (χ4v) is 5.99. The first-order valence-electron chi connectivity index (χ1n) is 12.3. The van der Waals surface area contributed by atoms with Gasteiger partial charge in [-0.3, -0.25) is 9.36 Å². The Morgan fingerprint density at radius 1 is 0.943 bits per heavy atom. The van der Waals surface area contributed by atoms with E-state index in [1.165, 1.54) is 5.56 Å². The maximum Gasteiger partial charge on any atom is 0.326 e. The average molecular weight is 503 g/mol. The van der Waals surface area contributed by atoms with Crippen LogP contribution in [0.15, 0.2) is 60.7 Å². The number of aryl methyl sites for hydroxylation is 1. The monoisotopic (exact) mass is 502 g/mol. The van der Waals surface area contributed by atoms with Crippen LogP contribution in [0.4, 0.5) is 0 Å². The number of carboxylic acids is 1. The van der Waals surface area contributed by atoms with Crippen molar-refractivity contribution in [3.8, 4) is 0 Å². The standard InChI is InChI=1S/C27H39N2O5P/c1-4-34-35(33,18-12-11-15-22-13-7-5-8-14-22)29-24(20-23-16-9-6-10-17-23)26(30)28-25(27(31)32)19-21(2)3/h5-10,13-14,16-17,21,24-25H,4,11-12,15,18-20H2,1-3H3,(H,28,30)(H,29,33)(H,31,32)/t24-,25-,35?/m0/s1. The molecule has 1 unspecified atom stereocenters. The van der Waals surface area contributed by atoms with Crippen LogP contribution in [0.2, 0.25) is 0 Å². The van der Waals surface area contributed by atoms with E-state index in [1.807, 2.05) is 62.4 Å². The van der Waals surface area contributed by atoms with E-state index in [9.17, 15) is 19.3 Å². The minimum atomic E-state index is -3.34. The summed E-state index contributed by atoms with van der Waals surface area (Å²) in [5.74, 6) is -1.48. The Hall–Kier alpha value is -2.47. The number of rotatable bonds is 16. The van der Waals surface area contributed by atoms with E-state index in [4.69, 9.17) is 4.52 Å². The Morgan fingerprint density at radius 2 is 1.54 bits per heavy atom. The summed E-state index contributed by atoms with van der Waals surface area (Å²) in [5.41, 5.74) is 2.10. The molecule has 1 amide bonds. The lowest BCUT2D eigenvalue weighted by molar-refractivity contribution is -0.142. The van der Waals surface area contributed by atoms with Gasteiger partial charge >= 0.3 is 5.97 Å². The highest BCUT2D eigenvalue weighted by molar-refractivity contribution is 7.56. The summed E-state index contributed by atoms with van der Waals surface area (Å²) in [4.78, 5) is 24.9. The van der Waals surface area contributed by atoms with E-state index in [0.29, 0.717) is 19.0 Å². The minimum Gasteiger partial charge on any atom is -0.480 e. The normalized spacial score (nSPS) is 14.7. The third-order valence-corrected chi connectivity index (χ3v) is 7.91. The Kier molecular flexibility index (Phi) is 12.2. The maximum atomic E-state index is 13.7. The highest BCUT2D eigenvalue weighted by Gasteiger charge is 2.32. The van der Waals surface area contributed by atoms with Crippen LogP contribution in [-0.2, 0) is 31.5 Å². The van der Waals surface area contributed by atoms with Gasteiger partial charge in [-0.1, -0.05) is 74.5 Å². The Bertz CT molecular complexity index is 953. The highest BCUT2D eigenvalue weighted by Crippen LogP contribution is 2.44. The molecular weight excluding hydrogens is 463 g/mol. The van der Waals surface area contributed by atoms with Crippen LogP contribution in [0.3, 0.4) is 0 Å². The van der Waals surface area contributed by atoms with Crippen LogP contribution in [0.1, 0.15) is 51.2 Å². The van der Waals surface area contributed by atoms with E-state index in [-0.39, 0.29) is 18.9 Å². The van der Waals surface area contributed by atoms with Gasteiger partial charge in [-0.25, -0.2) is 9.88 Å². The number of unbranched alkanes of at least 4 members (excludes halogenated alkanes) is 1. The number of hydrogen-bond acceptors (Lipinski definition) is 4. The number of nitrogens with one attached hydrogen (secondary N) is 2. The van der Waals surface area contributed by atoms with Crippen molar-refractivity contribution in [2.45, 2.75) is 65.0 Å².